The van der Waals surface area contributed by atoms with E-state index in [1.54, 1.807) is 0 Å². The Hall–Kier alpha value is -1.66. The third-order valence-corrected chi connectivity index (χ3v) is 6.52. The average molecular weight is 387 g/mol. The summed E-state index contributed by atoms with van der Waals surface area (Å²) in [5.41, 5.74) is 2.90. The molecule has 2 saturated heterocycles. The number of rotatable bonds is 3. The van der Waals surface area contributed by atoms with Crippen LogP contribution in [0.4, 0.5) is 10.5 Å². The van der Waals surface area contributed by atoms with Gasteiger partial charge in [0.2, 0.25) is 0 Å². The zero-order chi connectivity index (χ0) is 19.7. The lowest BCUT2D eigenvalue weighted by atomic mass is 9.91. The average Bonchev–Trinajstić information content (AvgIpc) is 2.95. The minimum absolute atomic E-state index is 0.0281. The molecule has 3 aliphatic rings. The molecule has 1 N–H and O–H groups in total. The number of hydrogen-bond donors (Lipinski definition) is 1. The lowest BCUT2D eigenvalue weighted by molar-refractivity contribution is 0.0483. The molecule has 3 aliphatic heterocycles. The fourth-order valence-corrected chi connectivity index (χ4v) is 4.81. The lowest BCUT2D eigenvalue weighted by Crippen LogP contribution is -2.50. The molecule has 6 nitrogen and oxygen atoms in total. The third kappa shape index (κ3) is 4.18. The number of likely N-dealkylation sites (tertiary alicyclic amines) is 1. The van der Waals surface area contributed by atoms with Gasteiger partial charge in [0.1, 0.15) is 0 Å². The van der Waals surface area contributed by atoms with Crippen LogP contribution in [0, 0.1) is 12.8 Å². The molecule has 2 amide bonds. The van der Waals surface area contributed by atoms with Crippen molar-refractivity contribution in [2.75, 3.05) is 44.3 Å². The van der Waals surface area contributed by atoms with Crippen molar-refractivity contribution in [3.8, 4) is 0 Å². The van der Waals surface area contributed by atoms with Crippen LogP contribution >= 0.6 is 0 Å². The number of aromatic nitrogens is 1. The van der Waals surface area contributed by atoms with E-state index in [2.05, 4.69) is 24.1 Å². The highest BCUT2D eigenvalue weighted by Gasteiger charge is 2.40. The Balaban J connectivity index is 1.31. The second-order valence-corrected chi connectivity index (χ2v) is 9.37. The first-order valence-corrected chi connectivity index (χ1v) is 10.8. The number of nitrogens with one attached hydrogen (secondary N) is 1. The summed E-state index contributed by atoms with van der Waals surface area (Å²) in [6.45, 7) is 12.2. The molecule has 28 heavy (non-hydrogen) atoms. The van der Waals surface area contributed by atoms with E-state index in [0.717, 1.165) is 62.1 Å². The molecule has 6 heteroatoms. The van der Waals surface area contributed by atoms with Crippen molar-refractivity contribution in [1.82, 2.24) is 15.2 Å². The summed E-state index contributed by atoms with van der Waals surface area (Å²) in [6, 6.07) is 4.34. The number of ether oxygens (including phenoxy) is 1. The van der Waals surface area contributed by atoms with Crippen LogP contribution in [0.2, 0.25) is 0 Å². The molecule has 0 bridgehead atoms. The van der Waals surface area contributed by atoms with Gasteiger partial charge in [-0.1, -0.05) is 13.8 Å². The van der Waals surface area contributed by atoms with E-state index in [9.17, 15) is 4.79 Å². The molecule has 1 aromatic rings. The number of carbonyl (C=O) groups is 1. The number of hydrogen-bond acceptors (Lipinski definition) is 4. The van der Waals surface area contributed by atoms with Gasteiger partial charge in [0.05, 0.1) is 11.4 Å². The SMILES string of the molecule is Cc1ccc2c(n1)C(C)(C)CN2C(=O)NC1CCN(CC2CCOCC2)CC1. The molecular weight excluding hydrogens is 352 g/mol. The van der Waals surface area contributed by atoms with Gasteiger partial charge >= 0.3 is 6.03 Å². The molecule has 0 aliphatic carbocycles. The van der Waals surface area contributed by atoms with Crippen molar-refractivity contribution in [2.45, 2.75) is 57.9 Å². The zero-order valence-electron chi connectivity index (χ0n) is 17.5. The predicted octanol–water partition coefficient (Wildman–Crippen LogP) is 3.09. The van der Waals surface area contributed by atoms with Gasteiger partial charge in [0, 0.05) is 56.5 Å². The van der Waals surface area contributed by atoms with Crippen LogP contribution in [0.25, 0.3) is 0 Å². The number of anilines is 1. The Bertz CT molecular complexity index is 706. The van der Waals surface area contributed by atoms with Gasteiger partial charge in [0.25, 0.3) is 0 Å². The number of urea groups is 1. The molecule has 0 spiro atoms. The number of amides is 2. The molecule has 0 unspecified atom stereocenters. The fourth-order valence-electron chi connectivity index (χ4n) is 4.81. The molecule has 0 atom stereocenters. The Labute approximate surface area is 168 Å². The van der Waals surface area contributed by atoms with Crippen molar-refractivity contribution >= 4 is 11.7 Å². The highest BCUT2D eigenvalue weighted by Crippen LogP contribution is 2.39. The van der Waals surface area contributed by atoms with Gasteiger partial charge in [-0.3, -0.25) is 9.88 Å². The molecule has 1 aromatic heterocycles. The van der Waals surface area contributed by atoms with Crippen LogP contribution in [-0.2, 0) is 10.2 Å². The molecular formula is C22H34N4O2. The summed E-state index contributed by atoms with van der Waals surface area (Å²) in [5, 5.41) is 3.29. The van der Waals surface area contributed by atoms with Gasteiger partial charge in [-0.25, -0.2) is 4.79 Å². The Kier molecular flexibility index (Phi) is 5.61. The lowest BCUT2D eigenvalue weighted by Gasteiger charge is -2.36. The van der Waals surface area contributed by atoms with E-state index in [-0.39, 0.29) is 17.5 Å². The number of fused-ring (bicyclic) bond motifs is 1. The maximum atomic E-state index is 13.0. The third-order valence-electron chi connectivity index (χ3n) is 6.52. The van der Waals surface area contributed by atoms with Crippen molar-refractivity contribution in [2.24, 2.45) is 5.92 Å². The van der Waals surface area contributed by atoms with Crippen molar-refractivity contribution in [1.29, 1.82) is 0 Å². The van der Waals surface area contributed by atoms with Gasteiger partial charge in [-0.15, -0.1) is 0 Å². The van der Waals surface area contributed by atoms with E-state index < -0.39 is 0 Å². The Morgan fingerprint density at radius 1 is 1.21 bits per heavy atom. The van der Waals surface area contributed by atoms with Crippen LogP contribution < -0.4 is 10.2 Å². The fraction of sp³-hybridized carbons (Fsp3) is 0.727. The van der Waals surface area contributed by atoms with Crippen LogP contribution in [0.1, 0.15) is 50.9 Å². The molecule has 0 saturated carbocycles. The summed E-state index contributed by atoms with van der Waals surface area (Å²) in [7, 11) is 0. The van der Waals surface area contributed by atoms with E-state index in [1.807, 2.05) is 24.0 Å². The quantitative estimate of drug-likeness (QED) is 0.867. The van der Waals surface area contributed by atoms with Crippen molar-refractivity contribution in [3.63, 3.8) is 0 Å². The second kappa shape index (κ2) is 7.99. The number of piperidine rings is 1. The Morgan fingerprint density at radius 2 is 1.93 bits per heavy atom. The summed E-state index contributed by atoms with van der Waals surface area (Å²) in [4.78, 5) is 22.2. The number of nitrogens with zero attached hydrogens (tertiary/aromatic N) is 3. The van der Waals surface area contributed by atoms with Gasteiger partial charge in [0.15, 0.2) is 0 Å². The first-order chi connectivity index (χ1) is 13.4. The van der Waals surface area contributed by atoms with Crippen LogP contribution in [0.15, 0.2) is 12.1 Å². The van der Waals surface area contributed by atoms with E-state index in [1.165, 1.54) is 19.4 Å². The van der Waals surface area contributed by atoms with Gasteiger partial charge in [-0.2, -0.15) is 0 Å². The van der Waals surface area contributed by atoms with Crippen LogP contribution in [0.3, 0.4) is 0 Å². The molecule has 4 rings (SSSR count). The number of aryl methyl sites for hydroxylation is 1. The molecule has 154 valence electrons. The van der Waals surface area contributed by atoms with Gasteiger partial charge in [-0.05, 0) is 50.7 Å². The van der Waals surface area contributed by atoms with Crippen molar-refractivity contribution in [3.05, 3.63) is 23.5 Å². The highest BCUT2D eigenvalue weighted by molar-refractivity contribution is 5.94. The predicted molar refractivity (Wildman–Crippen MR) is 111 cm³/mol. The summed E-state index contributed by atoms with van der Waals surface area (Å²) < 4.78 is 5.47. The van der Waals surface area contributed by atoms with E-state index in [0.29, 0.717) is 6.54 Å². The smallest absolute Gasteiger partial charge is 0.322 e. The second-order valence-electron chi connectivity index (χ2n) is 9.37. The van der Waals surface area contributed by atoms with Crippen molar-refractivity contribution < 1.29 is 9.53 Å². The number of carbonyl (C=O) groups excluding carboxylic acids is 1. The minimum Gasteiger partial charge on any atom is -0.381 e. The normalized spacial score (nSPS) is 23.6. The summed E-state index contributed by atoms with van der Waals surface area (Å²) in [6.07, 6.45) is 4.44. The standard InChI is InChI=1S/C22H34N4O2/c1-16-4-5-19-20(23-16)22(2,3)15-26(19)21(27)24-18-6-10-25(11-7-18)14-17-8-12-28-13-9-17/h4-5,17-18H,6-15H2,1-3H3,(H,24,27). The van der Waals surface area contributed by atoms with Crippen LogP contribution in [0.5, 0.6) is 0 Å². The summed E-state index contributed by atoms with van der Waals surface area (Å²) >= 11 is 0. The van der Waals surface area contributed by atoms with Crippen LogP contribution in [-0.4, -0.2) is 61.3 Å². The van der Waals surface area contributed by atoms with Gasteiger partial charge < -0.3 is 15.0 Å². The van der Waals surface area contributed by atoms with E-state index in [4.69, 9.17) is 9.72 Å². The molecule has 4 heterocycles. The molecule has 2 fully saturated rings. The first kappa shape index (κ1) is 19.6. The minimum atomic E-state index is -0.105. The monoisotopic (exact) mass is 386 g/mol. The maximum absolute atomic E-state index is 13.0. The molecule has 0 radical (unpaired) electrons. The van der Waals surface area contributed by atoms with E-state index >= 15 is 0 Å². The maximum Gasteiger partial charge on any atom is 0.322 e. The Morgan fingerprint density at radius 3 is 2.64 bits per heavy atom. The zero-order valence-corrected chi connectivity index (χ0v) is 17.5. The first-order valence-electron chi connectivity index (χ1n) is 10.8. The largest absolute Gasteiger partial charge is 0.381 e. The highest BCUT2D eigenvalue weighted by atomic mass is 16.5. The topological polar surface area (TPSA) is 57.7 Å². The number of pyridine rings is 1. The molecule has 0 aromatic carbocycles. The summed E-state index contributed by atoms with van der Waals surface area (Å²) in [5.74, 6) is 0.777.